The van der Waals surface area contributed by atoms with E-state index in [4.69, 9.17) is 30.3 Å². The van der Waals surface area contributed by atoms with Gasteiger partial charge in [0.2, 0.25) is 0 Å². The molecule has 13 heteroatoms. The number of rotatable bonds is 10. The number of nitrogens with zero attached hydrogens (tertiary/aromatic N) is 2. The minimum absolute atomic E-state index is 0. The van der Waals surface area contributed by atoms with Crippen LogP contribution in [0.1, 0.15) is 32.6 Å². The zero-order chi connectivity index (χ0) is 21.9. The van der Waals surface area contributed by atoms with E-state index < -0.39 is 68.1 Å². The second-order valence-corrected chi connectivity index (χ2v) is 6.32. The van der Waals surface area contributed by atoms with Crippen molar-refractivity contribution >= 4 is 29.8 Å². The first-order chi connectivity index (χ1) is 12.9. The van der Waals surface area contributed by atoms with Gasteiger partial charge in [0, 0.05) is 19.0 Å². The summed E-state index contributed by atoms with van der Waals surface area (Å²) in [7, 11) is 0. The molecule has 1 aliphatic rings. The van der Waals surface area contributed by atoms with Crippen molar-refractivity contribution in [1.29, 1.82) is 0 Å². The Balaban J connectivity index is 0. The van der Waals surface area contributed by atoms with Crippen LogP contribution in [0.25, 0.3) is 0 Å². The molecule has 0 aliphatic heterocycles. The topological polar surface area (TPSA) is 193 Å². The van der Waals surface area contributed by atoms with E-state index in [0.29, 0.717) is 12.8 Å². The molecule has 5 N–H and O–H groups in total. The summed E-state index contributed by atoms with van der Waals surface area (Å²) in [6.45, 7) is -0.911. The maximum Gasteiger partial charge on any atom is 1.00 e. The Morgan fingerprint density at radius 3 is 1.03 bits per heavy atom. The minimum Gasteiger partial charge on any atom is -0.481 e. The van der Waals surface area contributed by atoms with E-state index >= 15 is 0 Å². The molecule has 0 aromatic heterocycles. The molecule has 1 fully saturated rings. The fourth-order valence-electron chi connectivity index (χ4n) is 3.22. The van der Waals surface area contributed by atoms with Gasteiger partial charge in [-0.15, -0.1) is 0 Å². The number of hydrogen-bond acceptors (Lipinski definition) is 7. The van der Waals surface area contributed by atoms with Crippen LogP contribution in [-0.2, 0) is 24.0 Å². The summed E-state index contributed by atoms with van der Waals surface area (Å²) in [5, 5.41) is 43.4. The second kappa shape index (κ2) is 15.2. The van der Waals surface area contributed by atoms with E-state index in [0.717, 1.165) is 19.8 Å². The fourth-order valence-corrected chi connectivity index (χ4v) is 3.22. The molecular weight excluding hydrogens is 403 g/mol. The molecule has 1 saturated carbocycles. The number of hydrogen-bond donors (Lipinski definition) is 5. The first-order valence-corrected chi connectivity index (χ1v) is 8.48. The van der Waals surface area contributed by atoms with Crippen LogP contribution in [0.4, 0.5) is 0 Å². The summed E-state index contributed by atoms with van der Waals surface area (Å²) in [6.07, 6.45) is 2.46. The van der Waals surface area contributed by atoms with Gasteiger partial charge in [0.05, 0.1) is 26.2 Å². The standard InChI is InChI=1S/C14H22N2O8.C2H4O2.Na/c17-11(18)5-15(6-12(19)20)9-3-1-2-4-10(9)16(7-13(21)22)8-14(23)24;1-2(3)4;/h9-10H,1-8H2,(H,17,18)(H,19,20)(H,21,22)(H,23,24);1H3,(H,3,4);/q;;+1. The Hall–Kier alpha value is -1.73. The van der Waals surface area contributed by atoms with Gasteiger partial charge in [0.25, 0.3) is 5.97 Å². The summed E-state index contributed by atoms with van der Waals surface area (Å²) in [5.74, 6) is -5.60. The first-order valence-electron chi connectivity index (χ1n) is 8.48. The Labute approximate surface area is 189 Å². The molecule has 0 aromatic carbocycles. The van der Waals surface area contributed by atoms with Crippen LogP contribution >= 0.6 is 0 Å². The molecule has 160 valence electrons. The third kappa shape index (κ3) is 14.0. The predicted octanol–water partition coefficient (Wildman–Crippen LogP) is -3.67. The third-order valence-corrected chi connectivity index (χ3v) is 3.99. The van der Waals surface area contributed by atoms with Crippen LogP contribution in [0.2, 0.25) is 0 Å². The maximum absolute atomic E-state index is 11.0. The molecule has 0 saturated heterocycles. The van der Waals surface area contributed by atoms with Gasteiger partial charge in [-0.25, -0.2) is 0 Å². The molecule has 1 aliphatic carbocycles. The van der Waals surface area contributed by atoms with E-state index in [-0.39, 0.29) is 29.6 Å². The van der Waals surface area contributed by atoms with E-state index in [1.54, 1.807) is 0 Å². The molecule has 2 unspecified atom stereocenters. The van der Waals surface area contributed by atoms with Crippen molar-refractivity contribution in [1.82, 2.24) is 9.80 Å². The summed E-state index contributed by atoms with van der Waals surface area (Å²) in [4.78, 5) is 55.7. The molecule has 29 heavy (non-hydrogen) atoms. The molecule has 0 amide bonds. The molecule has 0 bridgehead atoms. The van der Waals surface area contributed by atoms with Gasteiger partial charge in [-0.05, 0) is 12.8 Å². The van der Waals surface area contributed by atoms with Gasteiger partial charge in [0.15, 0.2) is 0 Å². The van der Waals surface area contributed by atoms with Crippen molar-refractivity contribution in [2.45, 2.75) is 44.7 Å². The van der Waals surface area contributed by atoms with Crippen molar-refractivity contribution in [2.75, 3.05) is 26.2 Å². The van der Waals surface area contributed by atoms with Gasteiger partial charge in [-0.2, -0.15) is 0 Å². The van der Waals surface area contributed by atoms with E-state index in [2.05, 4.69) is 0 Å². The number of aliphatic carboxylic acids is 5. The molecule has 1 rings (SSSR count). The average molecular weight is 429 g/mol. The van der Waals surface area contributed by atoms with Gasteiger partial charge in [-0.1, -0.05) is 12.8 Å². The zero-order valence-electron chi connectivity index (χ0n) is 16.5. The fraction of sp³-hybridized carbons (Fsp3) is 0.688. The number of carboxylic acids is 5. The van der Waals surface area contributed by atoms with Crippen LogP contribution in [0.3, 0.4) is 0 Å². The van der Waals surface area contributed by atoms with Crippen LogP contribution in [0.15, 0.2) is 0 Å². The van der Waals surface area contributed by atoms with E-state index in [1.165, 1.54) is 9.80 Å². The quantitative estimate of drug-likeness (QED) is 0.214. The predicted molar refractivity (Wildman–Crippen MR) is 93.0 cm³/mol. The second-order valence-electron chi connectivity index (χ2n) is 6.32. The SMILES string of the molecule is CC(=O)O.O=C(O)CN(CC(=O)O)C1CCCCC1N(CC(=O)O)CC(=O)O.[Na+]. The molecule has 0 radical (unpaired) electrons. The average Bonchev–Trinajstić information content (AvgIpc) is 2.51. The van der Waals surface area contributed by atoms with Crippen molar-refractivity contribution in [3.8, 4) is 0 Å². The summed E-state index contributed by atoms with van der Waals surface area (Å²) in [5.41, 5.74) is 0. The Morgan fingerprint density at radius 1 is 0.655 bits per heavy atom. The Bertz CT molecular complexity index is 506. The molecule has 2 atom stereocenters. The van der Waals surface area contributed by atoms with Gasteiger partial charge < -0.3 is 25.5 Å². The zero-order valence-corrected chi connectivity index (χ0v) is 18.5. The van der Waals surface area contributed by atoms with Crippen molar-refractivity contribution < 1.29 is 79.1 Å². The van der Waals surface area contributed by atoms with E-state index in [1.807, 2.05) is 0 Å². The van der Waals surface area contributed by atoms with Crippen LogP contribution < -0.4 is 29.6 Å². The number of carboxylic acid groups (broad SMARTS) is 5. The van der Waals surface area contributed by atoms with Gasteiger partial charge in [0.1, 0.15) is 0 Å². The molecule has 0 heterocycles. The van der Waals surface area contributed by atoms with Gasteiger partial charge >= 0.3 is 53.4 Å². The molecule has 0 aromatic rings. The van der Waals surface area contributed by atoms with Crippen molar-refractivity contribution in [3.05, 3.63) is 0 Å². The van der Waals surface area contributed by atoms with Crippen LogP contribution in [0, 0.1) is 0 Å². The van der Waals surface area contributed by atoms with Crippen molar-refractivity contribution in [3.63, 3.8) is 0 Å². The third-order valence-electron chi connectivity index (χ3n) is 3.99. The summed E-state index contributed by atoms with van der Waals surface area (Å²) >= 11 is 0. The monoisotopic (exact) mass is 429 g/mol. The van der Waals surface area contributed by atoms with Crippen LogP contribution in [0.5, 0.6) is 0 Å². The number of carbonyl (C=O) groups is 5. The Kier molecular flexibility index (Phi) is 15.4. The van der Waals surface area contributed by atoms with Crippen LogP contribution in [-0.4, -0.2) is 103 Å². The van der Waals surface area contributed by atoms with Gasteiger partial charge in [-0.3, -0.25) is 33.8 Å². The minimum atomic E-state index is -1.19. The normalized spacial score (nSPS) is 18.2. The summed E-state index contributed by atoms with van der Waals surface area (Å²) < 4.78 is 0. The smallest absolute Gasteiger partial charge is 0.481 e. The first kappa shape index (κ1) is 29.5. The Morgan fingerprint density at radius 2 is 0.862 bits per heavy atom. The largest absolute Gasteiger partial charge is 1.00 e. The molecule has 0 spiro atoms. The molecular formula is C16H26N2NaO10+. The molecule has 12 nitrogen and oxygen atoms in total. The summed E-state index contributed by atoms with van der Waals surface area (Å²) in [6, 6.07) is -1.05. The van der Waals surface area contributed by atoms with Crippen molar-refractivity contribution in [2.24, 2.45) is 0 Å². The maximum atomic E-state index is 11.0. The van der Waals surface area contributed by atoms with E-state index in [9.17, 15) is 19.2 Å².